The highest BCUT2D eigenvalue weighted by molar-refractivity contribution is 7.99. The molecule has 1 nitrogen and oxygen atoms in total. The lowest BCUT2D eigenvalue weighted by Crippen LogP contribution is -2.32. The number of hydrogen-bond acceptors (Lipinski definition) is 2. The molecule has 1 atom stereocenters. The van der Waals surface area contributed by atoms with Crippen molar-refractivity contribution >= 4 is 11.8 Å². The number of nitrogens with one attached hydrogen (secondary N) is 1. The van der Waals surface area contributed by atoms with Crippen molar-refractivity contribution in [1.29, 1.82) is 0 Å². The molecule has 17 heavy (non-hydrogen) atoms. The summed E-state index contributed by atoms with van der Waals surface area (Å²) in [7, 11) is 0. The van der Waals surface area contributed by atoms with Gasteiger partial charge in [-0.3, -0.25) is 0 Å². The molecule has 0 heterocycles. The number of thioether (sulfide) groups is 1. The zero-order valence-corrected chi connectivity index (χ0v) is 12.2. The Labute approximate surface area is 112 Å². The van der Waals surface area contributed by atoms with E-state index in [1.54, 1.807) is 0 Å². The summed E-state index contributed by atoms with van der Waals surface area (Å²) in [5, 5.41) is 4.61. The predicted molar refractivity (Wildman–Crippen MR) is 79.5 cm³/mol. The molecule has 1 unspecified atom stereocenters. The van der Waals surface area contributed by atoms with Crippen molar-refractivity contribution in [2.24, 2.45) is 0 Å². The van der Waals surface area contributed by atoms with Crippen LogP contribution in [0.15, 0.2) is 0 Å². The maximum Gasteiger partial charge on any atom is 0.0167 e. The molecule has 1 N–H and O–H groups in total. The van der Waals surface area contributed by atoms with Crippen LogP contribution < -0.4 is 5.32 Å². The average molecular weight is 253 g/mol. The summed E-state index contributed by atoms with van der Waals surface area (Å²) in [6.07, 6.45) is 9.27. The van der Waals surface area contributed by atoms with E-state index in [9.17, 15) is 0 Å². The summed E-state index contributed by atoms with van der Waals surface area (Å²) < 4.78 is 0. The molecule has 1 aliphatic rings. The van der Waals surface area contributed by atoms with Gasteiger partial charge in [0.2, 0.25) is 0 Å². The van der Waals surface area contributed by atoms with Crippen LogP contribution in [0, 0.1) is 11.8 Å². The van der Waals surface area contributed by atoms with Crippen molar-refractivity contribution < 1.29 is 0 Å². The SMILES string of the molecule is CC#CCCC(CSC1CCCC1)NCCC. The largest absolute Gasteiger partial charge is 0.313 e. The van der Waals surface area contributed by atoms with Crippen molar-refractivity contribution in [3.05, 3.63) is 0 Å². The minimum atomic E-state index is 0.668. The molecule has 1 saturated carbocycles. The lowest BCUT2D eigenvalue weighted by Gasteiger charge is -2.19. The molecular formula is C15H27NS. The third-order valence-electron chi connectivity index (χ3n) is 3.31. The Morgan fingerprint density at radius 3 is 2.76 bits per heavy atom. The van der Waals surface area contributed by atoms with E-state index in [-0.39, 0.29) is 0 Å². The van der Waals surface area contributed by atoms with Gasteiger partial charge < -0.3 is 5.32 Å². The van der Waals surface area contributed by atoms with Crippen LogP contribution in [0.4, 0.5) is 0 Å². The van der Waals surface area contributed by atoms with Crippen molar-refractivity contribution in [3.63, 3.8) is 0 Å². The van der Waals surface area contributed by atoms with Crippen LogP contribution in [-0.4, -0.2) is 23.6 Å². The standard InChI is InChI=1S/C15H27NS/c1-3-5-6-9-14(16-12-4-2)13-17-15-10-7-8-11-15/h14-16H,4,6-13H2,1-2H3. The van der Waals surface area contributed by atoms with E-state index in [4.69, 9.17) is 0 Å². The highest BCUT2D eigenvalue weighted by atomic mass is 32.2. The van der Waals surface area contributed by atoms with Crippen LogP contribution in [0.5, 0.6) is 0 Å². The minimum Gasteiger partial charge on any atom is -0.313 e. The first-order valence-electron chi connectivity index (χ1n) is 7.11. The first kappa shape index (κ1) is 14.9. The summed E-state index contributed by atoms with van der Waals surface area (Å²) >= 11 is 2.19. The first-order chi connectivity index (χ1) is 8.36. The monoisotopic (exact) mass is 253 g/mol. The van der Waals surface area contributed by atoms with Crippen molar-refractivity contribution in [3.8, 4) is 11.8 Å². The smallest absolute Gasteiger partial charge is 0.0167 e. The highest BCUT2D eigenvalue weighted by Gasteiger charge is 2.17. The van der Waals surface area contributed by atoms with Gasteiger partial charge in [-0.25, -0.2) is 0 Å². The second-order valence-electron chi connectivity index (χ2n) is 4.86. The maximum atomic E-state index is 3.66. The van der Waals surface area contributed by atoms with E-state index in [1.807, 2.05) is 6.92 Å². The van der Waals surface area contributed by atoms with E-state index in [0.29, 0.717) is 6.04 Å². The number of hydrogen-bond donors (Lipinski definition) is 1. The van der Waals surface area contributed by atoms with Crippen LogP contribution in [0.3, 0.4) is 0 Å². The quantitative estimate of drug-likeness (QED) is 0.660. The Hall–Kier alpha value is -0.130. The van der Waals surface area contributed by atoms with E-state index in [1.165, 1.54) is 44.3 Å². The van der Waals surface area contributed by atoms with Crippen LogP contribution in [0.1, 0.15) is 58.8 Å². The predicted octanol–water partition coefficient (Wildman–Crippen LogP) is 3.83. The molecule has 2 heteroatoms. The van der Waals surface area contributed by atoms with Gasteiger partial charge in [0.25, 0.3) is 0 Å². The van der Waals surface area contributed by atoms with Gasteiger partial charge in [-0.2, -0.15) is 11.8 Å². The fourth-order valence-electron chi connectivity index (χ4n) is 2.27. The van der Waals surface area contributed by atoms with Crippen molar-refractivity contribution in [1.82, 2.24) is 5.32 Å². The molecule has 98 valence electrons. The van der Waals surface area contributed by atoms with Gasteiger partial charge in [0.05, 0.1) is 0 Å². The second kappa shape index (κ2) is 9.85. The van der Waals surface area contributed by atoms with Gasteiger partial charge in [-0.05, 0) is 39.2 Å². The maximum absolute atomic E-state index is 3.66. The summed E-state index contributed by atoms with van der Waals surface area (Å²) in [6.45, 7) is 5.32. The Kier molecular flexibility index (Phi) is 8.65. The zero-order valence-electron chi connectivity index (χ0n) is 11.4. The van der Waals surface area contributed by atoms with E-state index >= 15 is 0 Å². The summed E-state index contributed by atoms with van der Waals surface area (Å²) in [4.78, 5) is 0. The molecule has 0 spiro atoms. The third kappa shape index (κ3) is 7.01. The molecule has 0 saturated heterocycles. The van der Waals surface area contributed by atoms with Crippen LogP contribution in [0.2, 0.25) is 0 Å². The molecule has 0 amide bonds. The van der Waals surface area contributed by atoms with Gasteiger partial charge >= 0.3 is 0 Å². The second-order valence-corrected chi connectivity index (χ2v) is 6.19. The van der Waals surface area contributed by atoms with Crippen LogP contribution >= 0.6 is 11.8 Å². The molecule has 0 aromatic rings. The van der Waals surface area contributed by atoms with Gasteiger partial charge in [0.15, 0.2) is 0 Å². The van der Waals surface area contributed by atoms with Gasteiger partial charge in [0.1, 0.15) is 0 Å². The Morgan fingerprint density at radius 2 is 2.12 bits per heavy atom. The van der Waals surface area contributed by atoms with E-state index in [0.717, 1.165) is 18.2 Å². The molecule has 0 aliphatic heterocycles. The molecule has 0 aromatic carbocycles. The Balaban J connectivity index is 2.19. The first-order valence-corrected chi connectivity index (χ1v) is 8.16. The lowest BCUT2D eigenvalue weighted by atomic mass is 10.2. The Morgan fingerprint density at radius 1 is 1.35 bits per heavy atom. The fraction of sp³-hybridized carbons (Fsp3) is 0.867. The molecular weight excluding hydrogens is 226 g/mol. The molecule has 0 radical (unpaired) electrons. The van der Waals surface area contributed by atoms with Crippen LogP contribution in [0.25, 0.3) is 0 Å². The topological polar surface area (TPSA) is 12.0 Å². The third-order valence-corrected chi connectivity index (χ3v) is 4.85. The summed E-state index contributed by atoms with van der Waals surface area (Å²) in [5.41, 5.74) is 0. The van der Waals surface area contributed by atoms with Crippen molar-refractivity contribution in [2.45, 2.75) is 70.1 Å². The number of rotatable bonds is 8. The van der Waals surface area contributed by atoms with Crippen LogP contribution in [-0.2, 0) is 0 Å². The lowest BCUT2D eigenvalue weighted by molar-refractivity contribution is 0.526. The summed E-state index contributed by atoms with van der Waals surface area (Å²) in [6, 6.07) is 0.668. The highest BCUT2D eigenvalue weighted by Crippen LogP contribution is 2.30. The van der Waals surface area contributed by atoms with Gasteiger partial charge in [0, 0.05) is 23.5 Å². The Bertz CT molecular complexity index is 235. The van der Waals surface area contributed by atoms with Crippen molar-refractivity contribution in [2.75, 3.05) is 12.3 Å². The van der Waals surface area contributed by atoms with E-state index in [2.05, 4.69) is 35.8 Å². The van der Waals surface area contributed by atoms with Gasteiger partial charge in [-0.15, -0.1) is 11.8 Å². The average Bonchev–Trinajstić information content (AvgIpc) is 2.85. The molecule has 1 fully saturated rings. The molecule has 1 rings (SSSR count). The van der Waals surface area contributed by atoms with Gasteiger partial charge in [-0.1, -0.05) is 19.8 Å². The summed E-state index contributed by atoms with van der Waals surface area (Å²) in [5.74, 6) is 7.45. The molecule has 1 aliphatic carbocycles. The van der Waals surface area contributed by atoms with E-state index < -0.39 is 0 Å². The molecule has 0 bridgehead atoms. The fourth-order valence-corrected chi connectivity index (χ4v) is 3.73. The molecule has 0 aromatic heterocycles. The normalized spacial score (nSPS) is 17.8. The zero-order chi connectivity index (χ0) is 12.3. The minimum absolute atomic E-state index is 0.668.